The Labute approximate surface area is 139 Å². The molecule has 0 bridgehead atoms. The number of thioether (sulfide) groups is 1. The van der Waals surface area contributed by atoms with Crippen molar-refractivity contribution < 1.29 is 4.79 Å². The van der Waals surface area contributed by atoms with Crippen LogP contribution in [-0.4, -0.2) is 21.6 Å². The van der Waals surface area contributed by atoms with Gasteiger partial charge < -0.3 is 10.3 Å². The molecule has 0 radical (unpaired) electrons. The predicted molar refractivity (Wildman–Crippen MR) is 94.1 cm³/mol. The van der Waals surface area contributed by atoms with Crippen LogP contribution in [0.1, 0.15) is 30.7 Å². The highest BCUT2D eigenvalue weighted by Gasteiger charge is 2.10. The molecule has 2 aromatic rings. The molecule has 0 unspecified atom stereocenters. The first kappa shape index (κ1) is 17.3. The van der Waals surface area contributed by atoms with Crippen LogP contribution in [0.5, 0.6) is 0 Å². The number of nitrogens with one attached hydrogen (secondary N) is 2. The Bertz CT molecular complexity index is 756. The smallest absolute Gasteiger partial charge is 0.254 e. The first-order valence-corrected chi connectivity index (χ1v) is 8.64. The lowest BCUT2D eigenvalue weighted by atomic mass is 10.1. The number of para-hydroxylation sites is 1. The number of rotatable bonds is 6. The monoisotopic (exact) mass is 331 g/mol. The molecule has 0 aliphatic carbocycles. The minimum Gasteiger partial charge on any atom is -0.325 e. The van der Waals surface area contributed by atoms with E-state index in [9.17, 15) is 9.59 Å². The summed E-state index contributed by atoms with van der Waals surface area (Å²) in [6.07, 6.45) is 1.55. The number of carbonyl (C=O) groups excluding carboxylic acids is 1. The Balaban J connectivity index is 2.02. The minimum atomic E-state index is -0.143. The SMILES string of the molecule is CCc1ccccc1NC(=O)CSc1nc(CC)c(C)c(=O)[nH]1. The van der Waals surface area contributed by atoms with Crippen molar-refractivity contribution in [3.8, 4) is 0 Å². The van der Waals surface area contributed by atoms with Crippen LogP contribution in [0, 0.1) is 6.92 Å². The number of amides is 1. The van der Waals surface area contributed by atoms with E-state index >= 15 is 0 Å². The fraction of sp³-hybridized carbons (Fsp3) is 0.353. The zero-order valence-corrected chi connectivity index (χ0v) is 14.4. The zero-order chi connectivity index (χ0) is 16.8. The number of aryl methyl sites for hydroxylation is 2. The molecule has 0 spiro atoms. The Morgan fingerprint density at radius 3 is 2.70 bits per heavy atom. The second kappa shape index (κ2) is 7.97. The van der Waals surface area contributed by atoms with Crippen molar-refractivity contribution in [1.82, 2.24) is 9.97 Å². The fourth-order valence-corrected chi connectivity index (χ4v) is 2.92. The summed E-state index contributed by atoms with van der Waals surface area (Å²) < 4.78 is 0. The van der Waals surface area contributed by atoms with Crippen molar-refractivity contribution in [2.75, 3.05) is 11.1 Å². The normalized spacial score (nSPS) is 10.6. The first-order chi connectivity index (χ1) is 11.0. The molecular weight excluding hydrogens is 310 g/mol. The van der Waals surface area contributed by atoms with E-state index in [-0.39, 0.29) is 17.2 Å². The van der Waals surface area contributed by atoms with E-state index < -0.39 is 0 Å². The summed E-state index contributed by atoms with van der Waals surface area (Å²) in [6.45, 7) is 5.76. The molecule has 0 atom stereocenters. The molecule has 0 saturated heterocycles. The largest absolute Gasteiger partial charge is 0.325 e. The van der Waals surface area contributed by atoms with E-state index in [1.165, 1.54) is 11.8 Å². The Kier molecular flexibility index (Phi) is 5.98. The molecule has 0 aliphatic rings. The van der Waals surface area contributed by atoms with Gasteiger partial charge in [-0.1, -0.05) is 43.8 Å². The van der Waals surface area contributed by atoms with Gasteiger partial charge in [0.25, 0.3) is 5.56 Å². The second-order valence-corrected chi connectivity index (χ2v) is 6.11. The number of aromatic nitrogens is 2. The number of hydrogen-bond acceptors (Lipinski definition) is 4. The molecule has 2 N–H and O–H groups in total. The van der Waals surface area contributed by atoms with Gasteiger partial charge in [-0.2, -0.15) is 0 Å². The number of anilines is 1. The zero-order valence-electron chi connectivity index (χ0n) is 13.6. The average Bonchev–Trinajstić information content (AvgIpc) is 2.56. The molecule has 1 aromatic heterocycles. The van der Waals surface area contributed by atoms with Gasteiger partial charge in [-0.05, 0) is 31.4 Å². The maximum absolute atomic E-state index is 12.1. The maximum Gasteiger partial charge on any atom is 0.254 e. The summed E-state index contributed by atoms with van der Waals surface area (Å²) in [5.41, 5.74) is 3.20. The third-order valence-corrected chi connectivity index (χ3v) is 4.45. The number of nitrogens with zero attached hydrogens (tertiary/aromatic N) is 1. The summed E-state index contributed by atoms with van der Waals surface area (Å²) >= 11 is 1.23. The van der Waals surface area contributed by atoms with Crippen LogP contribution in [0.4, 0.5) is 5.69 Å². The average molecular weight is 331 g/mol. The Hall–Kier alpha value is -2.08. The van der Waals surface area contributed by atoms with E-state index in [0.29, 0.717) is 17.1 Å². The third kappa shape index (κ3) is 4.45. The van der Waals surface area contributed by atoms with Crippen molar-refractivity contribution >= 4 is 23.4 Å². The Morgan fingerprint density at radius 2 is 2.00 bits per heavy atom. The van der Waals surface area contributed by atoms with Crippen molar-refractivity contribution in [2.45, 2.75) is 38.8 Å². The fourth-order valence-electron chi connectivity index (χ4n) is 2.24. The third-order valence-electron chi connectivity index (χ3n) is 3.58. The van der Waals surface area contributed by atoms with Crippen LogP contribution >= 0.6 is 11.8 Å². The second-order valence-electron chi connectivity index (χ2n) is 5.14. The van der Waals surface area contributed by atoms with Gasteiger partial charge in [0, 0.05) is 11.3 Å². The molecule has 0 fully saturated rings. The van der Waals surface area contributed by atoms with E-state index in [0.717, 1.165) is 23.4 Å². The molecule has 122 valence electrons. The lowest BCUT2D eigenvalue weighted by molar-refractivity contribution is -0.113. The van der Waals surface area contributed by atoms with Crippen LogP contribution in [-0.2, 0) is 17.6 Å². The lowest BCUT2D eigenvalue weighted by Gasteiger charge is -2.09. The van der Waals surface area contributed by atoms with Gasteiger partial charge in [0.2, 0.25) is 5.91 Å². The van der Waals surface area contributed by atoms with Crippen molar-refractivity contribution in [2.24, 2.45) is 0 Å². The summed E-state index contributed by atoms with van der Waals surface area (Å²) in [5.74, 6) is 0.0879. The highest BCUT2D eigenvalue weighted by molar-refractivity contribution is 7.99. The molecular formula is C17H21N3O2S. The van der Waals surface area contributed by atoms with Crippen LogP contribution in [0.15, 0.2) is 34.2 Å². The number of carbonyl (C=O) groups is 1. The molecule has 6 heteroatoms. The predicted octanol–water partition coefficient (Wildman–Crippen LogP) is 2.93. The topological polar surface area (TPSA) is 74.8 Å². The summed E-state index contributed by atoms with van der Waals surface area (Å²) in [5, 5.41) is 3.39. The molecule has 1 amide bonds. The Morgan fingerprint density at radius 1 is 1.26 bits per heavy atom. The molecule has 0 aliphatic heterocycles. The number of aromatic amines is 1. The molecule has 2 rings (SSSR count). The number of benzene rings is 1. The number of hydrogen-bond donors (Lipinski definition) is 2. The van der Waals surface area contributed by atoms with Gasteiger partial charge in [-0.25, -0.2) is 4.98 Å². The van der Waals surface area contributed by atoms with Crippen molar-refractivity contribution in [3.05, 3.63) is 51.4 Å². The summed E-state index contributed by atoms with van der Waals surface area (Å²) in [4.78, 5) is 31.0. The first-order valence-electron chi connectivity index (χ1n) is 7.65. The quantitative estimate of drug-likeness (QED) is 0.630. The summed E-state index contributed by atoms with van der Waals surface area (Å²) in [6, 6.07) is 7.74. The molecule has 5 nitrogen and oxygen atoms in total. The lowest BCUT2D eigenvalue weighted by Crippen LogP contribution is -2.18. The van der Waals surface area contributed by atoms with Crippen LogP contribution < -0.4 is 10.9 Å². The van der Waals surface area contributed by atoms with Gasteiger partial charge >= 0.3 is 0 Å². The minimum absolute atomic E-state index is 0.114. The van der Waals surface area contributed by atoms with Crippen molar-refractivity contribution in [1.29, 1.82) is 0 Å². The van der Waals surface area contributed by atoms with Gasteiger partial charge in [0.1, 0.15) is 0 Å². The summed E-state index contributed by atoms with van der Waals surface area (Å²) in [7, 11) is 0. The molecule has 23 heavy (non-hydrogen) atoms. The standard InChI is InChI=1S/C17H21N3O2S/c1-4-12-8-6-7-9-14(12)18-15(21)10-23-17-19-13(5-2)11(3)16(22)20-17/h6-9H,4-5,10H2,1-3H3,(H,18,21)(H,19,20,22). The van der Waals surface area contributed by atoms with Gasteiger partial charge in [0.15, 0.2) is 5.16 Å². The number of H-pyrrole nitrogens is 1. The van der Waals surface area contributed by atoms with Crippen LogP contribution in [0.2, 0.25) is 0 Å². The van der Waals surface area contributed by atoms with Crippen LogP contribution in [0.25, 0.3) is 0 Å². The molecule has 1 aromatic carbocycles. The molecule has 0 saturated carbocycles. The van der Waals surface area contributed by atoms with Crippen molar-refractivity contribution in [3.63, 3.8) is 0 Å². The van der Waals surface area contributed by atoms with E-state index in [2.05, 4.69) is 15.3 Å². The van der Waals surface area contributed by atoms with E-state index in [1.54, 1.807) is 6.92 Å². The van der Waals surface area contributed by atoms with Crippen LogP contribution in [0.3, 0.4) is 0 Å². The van der Waals surface area contributed by atoms with E-state index in [4.69, 9.17) is 0 Å². The van der Waals surface area contributed by atoms with Gasteiger partial charge in [-0.3, -0.25) is 9.59 Å². The van der Waals surface area contributed by atoms with Gasteiger partial charge in [-0.15, -0.1) is 0 Å². The molecule has 1 heterocycles. The van der Waals surface area contributed by atoms with E-state index in [1.807, 2.05) is 38.1 Å². The highest BCUT2D eigenvalue weighted by atomic mass is 32.2. The maximum atomic E-state index is 12.1. The highest BCUT2D eigenvalue weighted by Crippen LogP contribution is 2.17. The van der Waals surface area contributed by atoms with Gasteiger partial charge in [0.05, 0.1) is 11.4 Å².